The van der Waals surface area contributed by atoms with Gasteiger partial charge in [0.2, 0.25) is 6.79 Å². The average Bonchev–Trinajstić information content (AvgIpc) is 3.31. The fraction of sp³-hybridized carbons (Fsp3) is 0.118. The molecule has 3 heterocycles. The molecule has 4 rings (SSSR count). The summed E-state index contributed by atoms with van der Waals surface area (Å²) in [7, 11) is 0. The van der Waals surface area contributed by atoms with E-state index in [1.54, 1.807) is 36.6 Å². The third-order valence-corrected chi connectivity index (χ3v) is 3.55. The maximum Gasteiger partial charge on any atom is 0.274 e. The number of aromatic nitrogens is 2. The summed E-state index contributed by atoms with van der Waals surface area (Å²) in [5, 5.41) is 5.85. The quantitative estimate of drug-likeness (QED) is 0.738. The van der Waals surface area contributed by atoms with Crippen molar-refractivity contribution in [3.05, 3.63) is 60.4 Å². The second-order valence-electron chi connectivity index (χ2n) is 5.24. The number of nitrogens with one attached hydrogen (secondary N) is 2. The fourth-order valence-electron chi connectivity index (χ4n) is 2.34. The van der Waals surface area contributed by atoms with Gasteiger partial charge in [-0.3, -0.25) is 4.79 Å². The number of ether oxygens (including phenoxy) is 2. The van der Waals surface area contributed by atoms with Crippen molar-refractivity contribution in [2.75, 3.05) is 17.4 Å². The van der Waals surface area contributed by atoms with Crippen LogP contribution in [-0.4, -0.2) is 22.7 Å². The van der Waals surface area contributed by atoms with Crippen LogP contribution in [-0.2, 0) is 6.54 Å². The lowest BCUT2D eigenvalue weighted by Crippen LogP contribution is -2.14. The molecule has 8 heteroatoms. The summed E-state index contributed by atoms with van der Waals surface area (Å²) < 4.78 is 15.8. The Morgan fingerprint density at radius 2 is 2.04 bits per heavy atom. The van der Waals surface area contributed by atoms with Crippen LogP contribution < -0.4 is 20.1 Å². The van der Waals surface area contributed by atoms with E-state index in [2.05, 4.69) is 20.6 Å². The first kappa shape index (κ1) is 15.0. The first-order valence-electron chi connectivity index (χ1n) is 7.57. The third kappa shape index (κ3) is 3.37. The number of benzene rings is 1. The van der Waals surface area contributed by atoms with E-state index in [4.69, 9.17) is 13.9 Å². The van der Waals surface area contributed by atoms with Gasteiger partial charge in [-0.05, 0) is 24.3 Å². The Hall–Kier alpha value is -3.55. The zero-order valence-corrected chi connectivity index (χ0v) is 13.1. The molecule has 1 aliphatic rings. The van der Waals surface area contributed by atoms with Gasteiger partial charge in [0.1, 0.15) is 23.6 Å². The first-order chi connectivity index (χ1) is 12.3. The van der Waals surface area contributed by atoms with Crippen molar-refractivity contribution in [3.63, 3.8) is 0 Å². The number of anilines is 2. The molecule has 0 saturated carbocycles. The van der Waals surface area contributed by atoms with Crippen LogP contribution in [0.2, 0.25) is 0 Å². The molecule has 2 aromatic heterocycles. The van der Waals surface area contributed by atoms with E-state index >= 15 is 0 Å². The van der Waals surface area contributed by atoms with Gasteiger partial charge in [0, 0.05) is 17.8 Å². The van der Waals surface area contributed by atoms with Crippen LogP contribution in [0.5, 0.6) is 11.5 Å². The highest BCUT2D eigenvalue weighted by molar-refractivity contribution is 6.03. The number of amides is 1. The Balaban J connectivity index is 1.44. The number of nitrogens with zero attached hydrogens (tertiary/aromatic N) is 2. The van der Waals surface area contributed by atoms with Crippen molar-refractivity contribution in [1.29, 1.82) is 0 Å². The number of furan rings is 1. The SMILES string of the molecule is O=C(Nc1ccc2c(c1)OCO2)c1cc(NCc2ccco2)ncn1. The molecule has 0 radical (unpaired) electrons. The van der Waals surface area contributed by atoms with E-state index < -0.39 is 0 Å². The Bertz CT molecular complexity index is 895. The van der Waals surface area contributed by atoms with Crippen LogP contribution in [0.3, 0.4) is 0 Å². The average molecular weight is 338 g/mol. The minimum atomic E-state index is -0.345. The van der Waals surface area contributed by atoms with Gasteiger partial charge in [0.05, 0.1) is 12.8 Å². The summed E-state index contributed by atoms with van der Waals surface area (Å²) in [6, 6.07) is 10.4. The Kier molecular flexibility index (Phi) is 3.91. The topological polar surface area (TPSA) is 98.5 Å². The standard InChI is InChI=1S/C17H14N4O4/c22-17(21-11-3-4-14-15(6-11)25-10-24-14)13-7-16(20-9-19-13)18-8-12-2-1-5-23-12/h1-7,9H,8,10H2,(H,21,22)(H,18,19,20). The largest absolute Gasteiger partial charge is 0.467 e. The third-order valence-electron chi connectivity index (χ3n) is 3.55. The minimum absolute atomic E-state index is 0.184. The molecule has 0 unspecified atom stereocenters. The molecule has 0 spiro atoms. The normalized spacial score (nSPS) is 12.0. The highest BCUT2D eigenvalue weighted by Crippen LogP contribution is 2.34. The van der Waals surface area contributed by atoms with Crippen molar-refractivity contribution < 1.29 is 18.7 Å². The Morgan fingerprint density at radius 3 is 2.92 bits per heavy atom. The molecule has 126 valence electrons. The van der Waals surface area contributed by atoms with Crippen LogP contribution in [0.15, 0.2) is 53.4 Å². The molecular weight excluding hydrogens is 324 g/mol. The molecule has 0 aliphatic carbocycles. The van der Waals surface area contributed by atoms with Gasteiger partial charge in [0.15, 0.2) is 11.5 Å². The van der Waals surface area contributed by atoms with Gasteiger partial charge in [-0.25, -0.2) is 9.97 Å². The van der Waals surface area contributed by atoms with Gasteiger partial charge in [-0.1, -0.05) is 0 Å². The van der Waals surface area contributed by atoms with Crippen LogP contribution in [0.4, 0.5) is 11.5 Å². The number of carbonyl (C=O) groups is 1. The van der Waals surface area contributed by atoms with Crippen LogP contribution >= 0.6 is 0 Å². The zero-order valence-electron chi connectivity index (χ0n) is 13.1. The molecule has 0 atom stereocenters. The molecule has 25 heavy (non-hydrogen) atoms. The summed E-state index contributed by atoms with van der Waals surface area (Å²) in [4.78, 5) is 20.5. The molecule has 1 aliphatic heterocycles. The molecule has 2 N–H and O–H groups in total. The van der Waals surface area contributed by atoms with E-state index in [1.807, 2.05) is 6.07 Å². The molecule has 0 fully saturated rings. The van der Waals surface area contributed by atoms with Crippen molar-refractivity contribution in [2.45, 2.75) is 6.54 Å². The lowest BCUT2D eigenvalue weighted by atomic mass is 10.2. The van der Waals surface area contributed by atoms with Crippen LogP contribution in [0.25, 0.3) is 0 Å². The first-order valence-corrected chi connectivity index (χ1v) is 7.57. The monoisotopic (exact) mass is 338 g/mol. The van der Waals surface area contributed by atoms with Gasteiger partial charge in [-0.15, -0.1) is 0 Å². The van der Waals surface area contributed by atoms with E-state index in [9.17, 15) is 4.79 Å². The predicted molar refractivity (Wildman–Crippen MR) is 88.6 cm³/mol. The lowest BCUT2D eigenvalue weighted by molar-refractivity contribution is 0.102. The fourth-order valence-corrected chi connectivity index (χ4v) is 2.34. The molecule has 1 aromatic carbocycles. The number of carbonyl (C=O) groups excluding carboxylic acids is 1. The predicted octanol–water partition coefficient (Wildman–Crippen LogP) is 2.66. The zero-order chi connectivity index (χ0) is 17.1. The van der Waals surface area contributed by atoms with Crippen LogP contribution in [0.1, 0.15) is 16.2 Å². The summed E-state index contributed by atoms with van der Waals surface area (Å²) in [6.45, 7) is 0.649. The second-order valence-corrected chi connectivity index (χ2v) is 5.24. The van der Waals surface area contributed by atoms with Crippen molar-refractivity contribution in [3.8, 4) is 11.5 Å². The summed E-state index contributed by atoms with van der Waals surface area (Å²) in [6.07, 6.45) is 2.93. The molecule has 0 bridgehead atoms. The molecule has 8 nitrogen and oxygen atoms in total. The Labute approximate surface area is 142 Å². The van der Waals surface area contributed by atoms with E-state index in [1.165, 1.54) is 6.33 Å². The van der Waals surface area contributed by atoms with Crippen LogP contribution in [0, 0.1) is 0 Å². The molecule has 0 saturated heterocycles. The van der Waals surface area contributed by atoms with Gasteiger partial charge in [-0.2, -0.15) is 0 Å². The molecule has 3 aromatic rings. The van der Waals surface area contributed by atoms with E-state index in [0.717, 1.165) is 5.76 Å². The molecule has 1 amide bonds. The van der Waals surface area contributed by atoms with E-state index in [0.29, 0.717) is 29.5 Å². The van der Waals surface area contributed by atoms with Gasteiger partial charge >= 0.3 is 0 Å². The maximum atomic E-state index is 12.4. The second kappa shape index (κ2) is 6.52. The van der Waals surface area contributed by atoms with Crippen molar-refractivity contribution in [1.82, 2.24) is 9.97 Å². The smallest absolute Gasteiger partial charge is 0.274 e. The number of hydrogen-bond donors (Lipinski definition) is 2. The van der Waals surface area contributed by atoms with Crippen molar-refractivity contribution in [2.24, 2.45) is 0 Å². The summed E-state index contributed by atoms with van der Waals surface area (Å²) in [5.74, 6) is 2.21. The maximum absolute atomic E-state index is 12.4. The highest BCUT2D eigenvalue weighted by Gasteiger charge is 2.15. The lowest BCUT2D eigenvalue weighted by Gasteiger charge is -2.07. The summed E-state index contributed by atoms with van der Waals surface area (Å²) in [5.41, 5.74) is 0.840. The van der Waals surface area contributed by atoms with E-state index in [-0.39, 0.29) is 18.4 Å². The minimum Gasteiger partial charge on any atom is -0.467 e. The molecular formula is C17H14N4O4. The van der Waals surface area contributed by atoms with Gasteiger partial charge in [0.25, 0.3) is 5.91 Å². The van der Waals surface area contributed by atoms with Gasteiger partial charge < -0.3 is 24.5 Å². The highest BCUT2D eigenvalue weighted by atomic mass is 16.7. The number of fused-ring (bicyclic) bond motifs is 1. The summed E-state index contributed by atoms with van der Waals surface area (Å²) >= 11 is 0. The number of rotatable bonds is 5. The Morgan fingerprint density at radius 1 is 1.12 bits per heavy atom. The van der Waals surface area contributed by atoms with Crippen molar-refractivity contribution >= 4 is 17.4 Å². The number of hydrogen-bond acceptors (Lipinski definition) is 7.